The molecule has 1 aliphatic heterocycles. The summed E-state index contributed by atoms with van der Waals surface area (Å²) >= 11 is 0. The molecule has 2 heterocycles. The lowest BCUT2D eigenvalue weighted by molar-refractivity contribution is -0.146. The molecule has 2 amide bonds. The van der Waals surface area contributed by atoms with Gasteiger partial charge in [-0.2, -0.15) is 0 Å². The summed E-state index contributed by atoms with van der Waals surface area (Å²) in [7, 11) is 0. The van der Waals surface area contributed by atoms with Crippen LogP contribution in [0.2, 0.25) is 0 Å². The lowest BCUT2D eigenvalue weighted by Crippen LogP contribution is -2.33. The van der Waals surface area contributed by atoms with E-state index in [0.717, 1.165) is 16.0 Å². The smallest absolute Gasteiger partial charge is 0.308 e. The monoisotopic (exact) mass is 390 g/mol. The number of hydrogen-bond acceptors (Lipinski definition) is 6. The Morgan fingerprint density at radius 2 is 1.69 bits per heavy atom. The lowest BCUT2D eigenvalue weighted by atomic mass is 10.1. The number of aromatic nitrogens is 1. The average Bonchev–Trinajstić information content (AvgIpc) is 3.30. The van der Waals surface area contributed by atoms with Crippen LogP contribution in [0.5, 0.6) is 0 Å². The first-order valence-electron chi connectivity index (χ1n) is 9.15. The van der Waals surface area contributed by atoms with Gasteiger partial charge in [0.25, 0.3) is 11.8 Å². The first-order valence-corrected chi connectivity index (χ1v) is 9.15. The van der Waals surface area contributed by atoms with E-state index in [1.165, 1.54) is 0 Å². The van der Waals surface area contributed by atoms with E-state index in [-0.39, 0.29) is 12.8 Å². The fraction of sp³-hybridized carbons (Fsp3) is 0.182. The molecule has 7 heteroatoms. The first-order chi connectivity index (χ1) is 14.0. The van der Waals surface area contributed by atoms with Crippen molar-refractivity contribution in [3.8, 4) is 11.3 Å². The van der Waals surface area contributed by atoms with Crippen molar-refractivity contribution >= 4 is 17.8 Å². The van der Waals surface area contributed by atoms with Crippen molar-refractivity contribution in [3.05, 3.63) is 77.3 Å². The van der Waals surface area contributed by atoms with Crippen LogP contribution >= 0.6 is 0 Å². The number of rotatable bonds is 6. The Hall–Kier alpha value is -3.74. The van der Waals surface area contributed by atoms with Gasteiger partial charge in [-0.15, -0.1) is 0 Å². The van der Waals surface area contributed by atoms with Gasteiger partial charge in [0, 0.05) is 12.0 Å². The van der Waals surface area contributed by atoms with Crippen molar-refractivity contribution in [2.75, 3.05) is 6.73 Å². The molecule has 4 rings (SSSR count). The predicted molar refractivity (Wildman–Crippen MR) is 103 cm³/mol. The van der Waals surface area contributed by atoms with E-state index >= 15 is 0 Å². The van der Waals surface area contributed by atoms with Crippen LogP contribution in [0, 0.1) is 6.92 Å². The Bertz CT molecular complexity index is 1050. The van der Waals surface area contributed by atoms with Crippen LogP contribution in [0.4, 0.5) is 0 Å². The Morgan fingerprint density at radius 1 is 1.03 bits per heavy atom. The Balaban J connectivity index is 1.30. The molecule has 0 saturated carbocycles. The highest BCUT2D eigenvalue weighted by atomic mass is 16.5. The molecule has 0 N–H and O–H groups in total. The molecule has 2 aromatic carbocycles. The number of amides is 2. The van der Waals surface area contributed by atoms with Gasteiger partial charge in [-0.25, -0.2) is 9.88 Å². The van der Waals surface area contributed by atoms with Gasteiger partial charge >= 0.3 is 5.97 Å². The van der Waals surface area contributed by atoms with E-state index in [1.807, 2.05) is 31.2 Å². The molecule has 29 heavy (non-hydrogen) atoms. The molecule has 1 aliphatic rings. The second kappa shape index (κ2) is 7.71. The third-order valence-electron chi connectivity index (χ3n) is 4.67. The molecule has 0 aliphatic carbocycles. The Morgan fingerprint density at radius 3 is 2.34 bits per heavy atom. The molecule has 0 fully saturated rings. The summed E-state index contributed by atoms with van der Waals surface area (Å²) in [6.45, 7) is 1.59. The number of benzene rings is 2. The Kier molecular flexibility index (Phi) is 4.95. The molecule has 0 spiro atoms. The fourth-order valence-corrected chi connectivity index (χ4v) is 3.05. The highest BCUT2D eigenvalue weighted by molar-refractivity contribution is 6.21. The van der Waals surface area contributed by atoms with Crippen molar-refractivity contribution in [1.29, 1.82) is 0 Å². The van der Waals surface area contributed by atoms with Gasteiger partial charge in [0.05, 0.1) is 23.7 Å². The largest absolute Gasteiger partial charge is 0.444 e. The highest BCUT2D eigenvalue weighted by Gasteiger charge is 2.35. The molecule has 0 radical (unpaired) electrons. The second-order valence-corrected chi connectivity index (χ2v) is 6.71. The maximum atomic E-state index is 12.2. The van der Waals surface area contributed by atoms with Gasteiger partial charge in [0.2, 0.25) is 0 Å². The van der Waals surface area contributed by atoms with Crippen LogP contribution in [0.3, 0.4) is 0 Å². The van der Waals surface area contributed by atoms with Gasteiger partial charge in [-0.05, 0) is 19.1 Å². The van der Waals surface area contributed by atoms with E-state index < -0.39 is 24.5 Å². The zero-order chi connectivity index (χ0) is 20.4. The predicted octanol–water partition coefficient (Wildman–Crippen LogP) is 3.38. The van der Waals surface area contributed by atoms with Crippen LogP contribution < -0.4 is 0 Å². The summed E-state index contributed by atoms with van der Waals surface area (Å²) in [4.78, 5) is 41.6. The summed E-state index contributed by atoms with van der Waals surface area (Å²) in [5, 5.41) is 0. The average molecular weight is 390 g/mol. The van der Waals surface area contributed by atoms with Crippen molar-refractivity contribution in [3.63, 3.8) is 0 Å². The van der Waals surface area contributed by atoms with Crippen LogP contribution in [0.15, 0.2) is 59.1 Å². The molecule has 1 aromatic heterocycles. The highest BCUT2D eigenvalue weighted by Crippen LogP contribution is 2.23. The maximum Gasteiger partial charge on any atom is 0.308 e. The molecule has 7 nitrogen and oxygen atoms in total. The minimum absolute atomic E-state index is 0.0248. The minimum atomic E-state index is -0.545. The van der Waals surface area contributed by atoms with Crippen molar-refractivity contribution < 1.29 is 23.5 Å². The molecule has 146 valence electrons. The summed E-state index contributed by atoms with van der Waals surface area (Å²) in [6, 6.07) is 14.4. The summed E-state index contributed by atoms with van der Waals surface area (Å²) < 4.78 is 10.8. The zero-order valence-corrected chi connectivity index (χ0v) is 15.8. The number of imide groups is 1. The number of esters is 1. The molecule has 3 aromatic rings. The molecular formula is C22H18N2O5. The molecule has 0 bridgehead atoms. The number of nitrogens with zero attached hydrogens (tertiary/aromatic N) is 2. The van der Waals surface area contributed by atoms with Crippen LogP contribution in [-0.2, 0) is 16.0 Å². The van der Waals surface area contributed by atoms with Crippen molar-refractivity contribution in [2.24, 2.45) is 0 Å². The SMILES string of the molecule is Cc1ccc(-c2cnc(CCC(=O)OCN3C(=O)c4ccccc4C3=O)o2)cc1. The van der Waals surface area contributed by atoms with E-state index in [9.17, 15) is 14.4 Å². The third kappa shape index (κ3) is 3.80. The number of carbonyl (C=O) groups is 3. The topological polar surface area (TPSA) is 89.7 Å². The number of carbonyl (C=O) groups excluding carboxylic acids is 3. The molecular weight excluding hydrogens is 372 g/mol. The van der Waals surface area contributed by atoms with Gasteiger partial charge in [0.15, 0.2) is 18.4 Å². The zero-order valence-electron chi connectivity index (χ0n) is 15.8. The van der Waals surface area contributed by atoms with Crippen LogP contribution in [-0.4, -0.2) is 34.4 Å². The minimum Gasteiger partial charge on any atom is -0.444 e. The Labute approximate surface area is 166 Å². The molecule has 0 atom stereocenters. The lowest BCUT2D eigenvalue weighted by Gasteiger charge is -2.13. The van der Waals surface area contributed by atoms with Gasteiger partial charge in [0.1, 0.15) is 0 Å². The molecule has 0 saturated heterocycles. The van der Waals surface area contributed by atoms with E-state index in [0.29, 0.717) is 22.8 Å². The normalized spacial score (nSPS) is 12.9. The number of oxazole rings is 1. The summed E-state index contributed by atoms with van der Waals surface area (Å²) in [5.74, 6) is -0.433. The number of ether oxygens (including phenoxy) is 1. The van der Waals surface area contributed by atoms with Gasteiger partial charge < -0.3 is 9.15 Å². The van der Waals surface area contributed by atoms with Crippen LogP contribution in [0.1, 0.15) is 38.6 Å². The van der Waals surface area contributed by atoms with E-state index in [1.54, 1.807) is 30.5 Å². The van der Waals surface area contributed by atoms with Gasteiger partial charge in [-0.3, -0.25) is 14.4 Å². The third-order valence-corrected chi connectivity index (χ3v) is 4.67. The van der Waals surface area contributed by atoms with Crippen LogP contribution in [0.25, 0.3) is 11.3 Å². The van der Waals surface area contributed by atoms with E-state index in [4.69, 9.17) is 9.15 Å². The number of hydrogen-bond donors (Lipinski definition) is 0. The standard InChI is InChI=1S/C22H18N2O5/c1-14-6-8-15(9-7-14)18-12-23-19(29-18)10-11-20(25)28-13-24-21(26)16-4-2-3-5-17(16)22(24)27/h2-9,12H,10-11,13H2,1H3. The van der Waals surface area contributed by atoms with E-state index in [2.05, 4.69) is 4.98 Å². The summed E-state index contributed by atoms with van der Waals surface area (Å²) in [5.41, 5.74) is 2.69. The number of aryl methyl sites for hydroxylation is 2. The van der Waals surface area contributed by atoms with Gasteiger partial charge in [-0.1, -0.05) is 42.0 Å². The quantitative estimate of drug-likeness (QED) is 0.473. The molecule has 0 unspecified atom stereocenters. The fourth-order valence-electron chi connectivity index (χ4n) is 3.05. The second-order valence-electron chi connectivity index (χ2n) is 6.71. The van der Waals surface area contributed by atoms with Crippen molar-refractivity contribution in [1.82, 2.24) is 9.88 Å². The van der Waals surface area contributed by atoms with Crippen molar-refractivity contribution in [2.45, 2.75) is 19.8 Å². The first kappa shape index (κ1) is 18.6. The summed E-state index contributed by atoms with van der Waals surface area (Å²) in [6.07, 6.45) is 1.90. The maximum absolute atomic E-state index is 12.2. The number of fused-ring (bicyclic) bond motifs is 1.